The molecular formula is C52H36O8Pb. The summed E-state index contributed by atoms with van der Waals surface area (Å²) in [4.78, 5) is 42.2. The smallest absolute Gasteiger partial charge is 0.545 e. The van der Waals surface area contributed by atoms with Crippen LogP contribution in [-0.4, -0.2) is 51.2 Å². The number of carboxylic acid groups (broad SMARTS) is 4. The summed E-state index contributed by atoms with van der Waals surface area (Å²) in [7, 11) is 0. The third-order valence-electron chi connectivity index (χ3n) is 8.91. The predicted octanol–water partition coefficient (Wildman–Crippen LogP) is 6.49. The van der Waals surface area contributed by atoms with E-state index in [9.17, 15) is 39.6 Å². The minimum absolute atomic E-state index is 0. The second-order valence-corrected chi connectivity index (χ2v) is 12.9. The van der Waals surface area contributed by atoms with Gasteiger partial charge in [-0.3, -0.25) is 0 Å². The van der Waals surface area contributed by atoms with Gasteiger partial charge in [-0.15, -0.1) is 0 Å². The molecule has 0 aromatic heterocycles. The molecule has 0 saturated heterocycles. The van der Waals surface area contributed by atoms with E-state index in [0.29, 0.717) is 0 Å². The molecule has 61 heavy (non-hydrogen) atoms. The van der Waals surface area contributed by atoms with Crippen molar-refractivity contribution in [2.75, 3.05) is 0 Å². The first-order valence-electron chi connectivity index (χ1n) is 18.6. The van der Waals surface area contributed by atoms with Gasteiger partial charge in [-0.1, -0.05) is 218 Å². The summed E-state index contributed by atoms with van der Waals surface area (Å²) in [5.41, 5.74) is 9.10. The van der Waals surface area contributed by atoms with Crippen LogP contribution in [0.5, 0.6) is 0 Å². The average molecular weight is 996 g/mol. The van der Waals surface area contributed by atoms with Gasteiger partial charge in [0.15, 0.2) is 0 Å². The average Bonchev–Trinajstić information content (AvgIpc) is 3.31. The molecule has 0 amide bonds. The molecule has 8 nitrogen and oxygen atoms in total. The molecule has 296 valence electrons. The summed E-state index contributed by atoms with van der Waals surface area (Å²) in [5, 5.41) is 42.2. The van der Waals surface area contributed by atoms with E-state index in [1.807, 2.05) is 121 Å². The molecule has 0 aliphatic heterocycles. The summed E-state index contributed by atoms with van der Waals surface area (Å²) >= 11 is 0. The largest absolute Gasteiger partial charge is 4.00 e. The first-order valence-corrected chi connectivity index (χ1v) is 18.6. The Morgan fingerprint density at radius 2 is 0.344 bits per heavy atom. The molecule has 0 radical (unpaired) electrons. The fourth-order valence-corrected chi connectivity index (χ4v) is 5.72. The monoisotopic (exact) mass is 996 g/mol. The Hall–Kier alpha value is -7.44. The van der Waals surface area contributed by atoms with Crippen molar-refractivity contribution < 1.29 is 39.6 Å². The SMILES string of the molecule is O=C([O-])c1ccc(-c2ccccc2)cc1.O=C([O-])c1ccc(-c2ccccc2)cc1.O=C([O-])c1ccc(-c2ccccc2)cc1.O=C([O-])c1ccc(-c2ccccc2)cc1.[Pb+4]. The van der Waals surface area contributed by atoms with E-state index in [4.69, 9.17) is 0 Å². The Bertz CT molecular complexity index is 2210. The molecule has 0 unspecified atom stereocenters. The number of hydrogen-bond donors (Lipinski definition) is 0. The zero-order chi connectivity index (χ0) is 42.7. The second kappa shape index (κ2) is 23.8. The molecule has 0 N–H and O–H groups in total. The number of rotatable bonds is 8. The maximum atomic E-state index is 10.5. The van der Waals surface area contributed by atoms with Gasteiger partial charge in [-0.05, 0) is 66.8 Å². The maximum Gasteiger partial charge on any atom is 4.00 e. The van der Waals surface area contributed by atoms with Gasteiger partial charge >= 0.3 is 27.3 Å². The van der Waals surface area contributed by atoms with Gasteiger partial charge in [-0.25, -0.2) is 0 Å². The number of hydrogen-bond acceptors (Lipinski definition) is 8. The van der Waals surface area contributed by atoms with Crippen LogP contribution in [0.15, 0.2) is 218 Å². The van der Waals surface area contributed by atoms with Gasteiger partial charge in [0.05, 0.1) is 23.9 Å². The van der Waals surface area contributed by atoms with Crippen molar-refractivity contribution in [3.8, 4) is 44.5 Å². The zero-order valence-corrected chi connectivity index (χ0v) is 36.4. The predicted molar refractivity (Wildman–Crippen MR) is 231 cm³/mol. The molecule has 8 rings (SSSR count). The molecule has 8 aromatic carbocycles. The van der Waals surface area contributed by atoms with Crippen LogP contribution in [0.25, 0.3) is 44.5 Å². The third kappa shape index (κ3) is 14.4. The van der Waals surface area contributed by atoms with E-state index in [0.717, 1.165) is 44.5 Å². The van der Waals surface area contributed by atoms with Gasteiger partial charge in [-0.2, -0.15) is 0 Å². The van der Waals surface area contributed by atoms with E-state index in [1.54, 1.807) is 97.1 Å². The number of carbonyl (C=O) groups excluding carboxylic acids is 4. The molecule has 0 atom stereocenters. The molecule has 0 fully saturated rings. The van der Waals surface area contributed by atoms with Crippen molar-refractivity contribution in [2.45, 2.75) is 0 Å². The Kier molecular flexibility index (Phi) is 18.1. The summed E-state index contributed by atoms with van der Waals surface area (Å²) in [5.74, 6) is -4.58. The van der Waals surface area contributed by atoms with E-state index in [2.05, 4.69) is 0 Å². The van der Waals surface area contributed by atoms with Crippen LogP contribution in [0.3, 0.4) is 0 Å². The van der Waals surface area contributed by atoms with Crippen LogP contribution in [0.1, 0.15) is 41.4 Å². The van der Waals surface area contributed by atoms with Crippen LogP contribution in [0.2, 0.25) is 0 Å². The standard InChI is InChI=1S/4C13H10O2.Pb/c4*14-13(15)12-8-6-11(7-9-12)10-4-2-1-3-5-10;/h4*1-9H,(H,14,15);/q;;;;+4/p-4. The summed E-state index contributed by atoms with van der Waals surface area (Å²) in [6.07, 6.45) is 0. The molecule has 9 heteroatoms. The van der Waals surface area contributed by atoms with Crippen LogP contribution >= 0.6 is 0 Å². The van der Waals surface area contributed by atoms with Crippen molar-refractivity contribution in [3.63, 3.8) is 0 Å². The number of benzene rings is 8. The molecule has 0 aliphatic rings. The molecular weight excluding hydrogens is 960 g/mol. The first kappa shape index (κ1) is 46.3. The molecule has 0 saturated carbocycles. The summed E-state index contributed by atoms with van der Waals surface area (Å²) < 4.78 is 0. The topological polar surface area (TPSA) is 161 Å². The van der Waals surface area contributed by atoms with Crippen molar-refractivity contribution >= 4 is 51.2 Å². The van der Waals surface area contributed by atoms with Crippen LogP contribution < -0.4 is 20.4 Å². The fourth-order valence-electron chi connectivity index (χ4n) is 5.72. The maximum absolute atomic E-state index is 10.5. The van der Waals surface area contributed by atoms with Gasteiger partial charge in [0.2, 0.25) is 0 Å². The summed E-state index contributed by atoms with van der Waals surface area (Å²) in [6, 6.07) is 65.8. The normalized spacial score (nSPS) is 9.70. The minimum Gasteiger partial charge on any atom is -0.545 e. The fraction of sp³-hybridized carbons (Fsp3) is 0. The van der Waals surface area contributed by atoms with Crippen molar-refractivity contribution in [1.82, 2.24) is 0 Å². The quantitative estimate of drug-likeness (QED) is 0.156. The van der Waals surface area contributed by atoms with Gasteiger partial charge < -0.3 is 39.6 Å². The Morgan fingerprint density at radius 3 is 0.475 bits per heavy atom. The molecule has 0 bridgehead atoms. The van der Waals surface area contributed by atoms with E-state index < -0.39 is 23.9 Å². The van der Waals surface area contributed by atoms with Crippen molar-refractivity contribution in [3.05, 3.63) is 241 Å². The molecule has 8 aromatic rings. The van der Waals surface area contributed by atoms with E-state index >= 15 is 0 Å². The molecule has 0 heterocycles. The number of carboxylic acids is 4. The van der Waals surface area contributed by atoms with Gasteiger partial charge in [0.25, 0.3) is 0 Å². The second-order valence-electron chi connectivity index (χ2n) is 12.9. The third-order valence-corrected chi connectivity index (χ3v) is 8.91. The molecule has 0 spiro atoms. The summed E-state index contributed by atoms with van der Waals surface area (Å²) in [6.45, 7) is 0. The number of aromatic carboxylic acids is 4. The van der Waals surface area contributed by atoms with Gasteiger partial charge in [0, 0.05) is 0 Å². The van der Waals surface area contributed by atoms with Crippen molar-refractivity contribution in [1.29, 1.82) is 0 Å². The van der Waals surface area contributed by atoms with Crippen LogP contribution in [0.4, 0.5) is 0 Å². The van der Waals surface area contributed by atoms with Crippen molar-refractivity contribution in [2.24, 2.45) is 0 Å². The van der Waals surface area contributed by atoms with Crippen LogP contribution in [-0.2, 0) is 0 Å². The zero-order valence-electron chi connectivity index (χ0n) is 32.6. The van der Waals surface area contributed by atoms with Crippen LogP contribution in [0, 0.1) is 0 Å². The molecule has 0 aliphatic carbocycles. The number of carbonyl (C=O) groups is 4. The Balaban J connectivity index is 0.000000178. The van der Waals surface area contributed by atoms with Gasteiger partial charge in [0.1, 0.15) is 0 Å². The van der Waals surface area contributed by atoms with E-state index in [-0.39, 0.29) is 49.6 Å². The first-order chi connectivity index (χ1) is 29.1. The Morgan fingerprint density at radius 1 is 0.213 bits per heavy atom. The van der Waals surface area contributed by atoms with E-state index in [1.165, 1.54) is 0 Å². The minimum atomic E-state index is -1.14. The Labute approximate surface area is 373 Å².